The second-order valence-electron chi connectivity index (χ2n) is 7.37. The topological polar surface area (TPSA) is 55.7 Å². The summed E-state index contributed by atoms with van der Waals surface area (Å²) in [5.41, 5.74) is 0.907. The number of nitrogens with zero attached hydrogens (tertiary/aromatic N) is 1. The molecule has 1 aliphatic rings. The summed E-state index contributed by atoms with van der Waals surface area (Å²) < 4.78 is 6.61. The van der Waals surface area contributed by atoms with Crippen molar-refractivity contribution in [2.45, 2.75) is 18.4 Å². The van der Waals surface area contributed by atoms with Gasteiger partial charge in [0.2, 0.25) is 5.90 Å². The fourth-order valence-corrected chi connectivity index (χ4v) is 4.14. The van der Waals surface area contributed by atoms with Gasteiger partial charge in [0.15, 0.2) is 11.3 Å². The minimum Gasteiger partial charge on any atom is -0.405 e. The van der Waals surface area contributed by atoms with Crippen LogP contribution in [0.4, 0.5) is 0 Å². The fourth-order valence-electron chi connectivity index (χ4n) is 3.88. The van der Waals surface area contributed by atoms with Crippen LogP contribution in [-0.4, -0.2) is 17.7 Å². The molecule has 2 atom stereocenters. The second kappa shape index (κ2) is 8.44. The van der Waals surface area contributed by atoms with Crippen LogP contribution in [0, 0.1) is 0 Å². The average molecular weight is 474 g/mol. The Labute approximate surface area is 189 Å². The molecule has 0 N–H and O–H groups in total. The third-order valence-electron chi connectivity index (χ3n) is 5.43. The summed E-state index contributed by atoms with van der Waals surface area (Å²) in [5.74, 6) is -1.24. The molecule has 4 rings (SSSR count). The molecule has 4 nitrogen and oxygen atoms in total. The van der Waals surface area contributed by atoms with Gasteiger partial charge in [-0.2, -0.15) is 0 Å². The average Bonchev–Trinajstić information content (AvgIpc) is 3.14. The minimum atomic E-state index is -1.47. The van der Waals surface area contributed by atoms with Crippen molar-refractivity contribution in [3.8, 4) is 0 Å². The summed E-state index contributed by atoms with van der Waals surface area (Å²) in [7, 11) is 0. The van der Waals surface area contributed by atoms with Gasteiger partial charge in [0.1, 0.15) is 0 Å². The number of ether oxygens (including phenoxy) is 1. The first-order chi connectivity index (χ1) is 14.9. The SMILES string of the molecule is C=C(C(C)=O)[C@@H](c1ccc(Br)cc1)[C@]1(c2ccccc2)N=C(c2ccccc2)OC1=O. The quantitative estimate of drug-likeness (QED) is 0.347. The Bertz CT molecular complexity index is 1170. The Hall–Kier alpha value is -3.31. The van der Waals surface area contributed by atoms with Gasteiger partial charge < -0.3 is 4.74 Å². The van der Waals surface area contributed by atoms with Crippen LogP contribution < -0.4 is 0 Å². The lowest BCUT2D eigenvalue weighted by Gasteiger charge is -2.33. The van der Waals surface area contributed by atoms with Crippen LogP contribution in [0.3, 0.4) is 0 Å². The van der Waals surface area contributed by atoms with Gasteiger partial charge in [0, 0.05) is 10.0 Å². The molecule has 3 aromatic carbocycles. The smallest absolute Gasteiger partial charge is 0.346 e. The van der Waals surface area contributed by atoms with Crippen molar-refractivity contribution in [3.05, 3.63) is 118 Å². The molecule has 0 bridgehead atoms. The fraction of sp³-hybridized carbons (Fsp3) is 0.115. The van der Waals surface area contributed by atoms with E-state index >= 15 is 0 Å². The molecular formula is C26H20BrNO3. The largest absolute Gasteiger partial charge is 0.405 e. The highest BCUT2D eigenvalue weighted by atomic mass is 79.9. The molecule has 0 saturated heterocycles. The molecule has 0 radical (unpaired) electrons. The maximum atomic E-state index is 13.6. The lowest BCUT2D eigenvalue weighted by molar-refractivity contribution is -0.140. The zero-order valence-electron chi connectivity index (χ0n) is 16.9. The molecule has 31 heavy (non-hydrogen) atoms. The van der Waals surface area contributed by atoms with Gasteiger partial charge in [0.25, 0.3) is 0 Å². The first-order valence-corrected chi connectivity index (χ1v) is 10.6. The molecule has 0 unspecified atom stereocenters. The van der Waals surface area contributed by atoms with Crippen molar-refractivity contribution < 1.29 is 14.3 Å². The van der Waals surface area contributed by atoms with Crippen LogP contribution in [0.1, 0.15) is 29.5 Å². The lowest BCUT2D eigenvalue weighted by atomic mass is 9.71. The first kappa shape index (κ1) is 20.9. The summed E-state index contributed by atoms with van der Waals surface area (Å²) in [4.78, 5) is 31.0. The number of rotatable bonds is 6. The van der Waals surface area contributed by atoms with E-state index in [0.717, 1.165) is 10.0 Å². The minimum absolute atomic E-state index is 0.209. The summed E-state index contributed by atoms with van der Waals surface area (Å²) in [5, 5.41) is 0. The predicted molar refractivity (Wildman–Crippen MR) is 124 cm³/mol. The van der Waals surface area contributed by atoms with Crippen LogP contribution in [0.5, 0.6) is 0 Å². The van der Waals surface area contributed by atoms with Gasteiger partial charge in [-0.3, -0.25) is 4.79 Å². The molecule has 0 saturated carbocycles. The van der Waals surface area contributed by atoms with Gasteiger partial charge in [-0.05, 0) is 47.9 Å². The predicted octanol–water partition coefficient (Wildman–Crippen LogP) is 5.58. The number of aliphatic imine (C=N–C) groups is 1. The van der Waals surface area contributed by atoms with Gasteiger partial charge in [-0.15, -0.1) is 0 Å². The van der Waals surface area contributed by atoms with Crippen molar-refractivity contribution in [1.82, 2.24) is 0 Å². The molecule has 1 aliphatic heterocycles. The molecule has 0 aromatic heterocycles. The number of Topliss-reactive ketones (excluding diaryl/α,β-unsaturated/α-hetero) is 1. The standard InChI is InChI=1S/C26H20BrNO3/c1-17(18(2)29)23(19-13-15-22(27)16-14-19)26(21-11-7-4-8-12-21)25(30)31-24(28-26)20-9-5-3-6-10-20/h3-16,23H,1H2,2H3/t23-,26-/m0/s1. The number of benzene rings is 3. The third-order valence-corrected chi connectivity index (χ3v) is 5.96. The number of carbonyl (C=O) groups excluding carboxylic acids is 2. The Morgan fingerprint density at radius 1 is 0.968 bits per heavy atom. The van der Waals surface area contributed by atoms with E-state index in [4.69, 9.17) is 9.73 Å². The van der Waals surface area contributed by atoms with E-state index in [9.17, 15) is 9.59 Å². The third kappa shape index (κ3) is 3.77. The van der Waals surface area contributed by atoms with E-state index in [1.54, 1.807) is 0 Å². The van der Waals surface area contributed by atoms with Crippen molar-refractivity contribution in [2.75, 3.05) is 0 Å². The van der Waals surface area contributed by atoms with Crippen LogP contribution in [-0.2, 0) is 19.9 Å². The van der Waals surface area contributed by atoms with Crippen LogP contribution in [0.2, 0.25) is 0 Å². The summed E-state index contributed by atoms with van der Waals surface area (Å²) in [6.07, 6.45) is 0. The number of halogens is 1. The number of ketones is 1. The van der Waals surface area contributed by atoms with Gasteiger partial charge in [-0.25, -0.2) is 9.79 Å². The van der Waals surface area contributed by atoms with Crippen LogP contribution in [0.25, 0.3) is 0 Å². The number of hydrogen-bond donors (Lipinski definition) is 0. The lowest BCUT2D eigenvalue weighted by Crippen LogP contribution is -2.39. The Kier molecular flexibility index (Phi) is 5.70. The number of hydrogen-bond acceptors (Lipinski definition) is 4. The highest BCUT2D eigenvalue weighted by Gasteiger charge is 2.55. The van der Waals surface area contributed by atoms with E-state index in [1.165, 1.54) is 6.92 Å². The van der Waals surface area contributed by atoms with E-state index in [0.29, 0.717) is 16.7 Å². The molecule has 0 amide bonds. The van der Waals surface area contributed by atoms with E-state index in [1.807, 2.05) is 84.9 Å². The Balaban J connectivity index is 2.00. The van der Waals surface area contributed by atoms with Crippen molar-refractivity contribution in [3.63, 3.8) is 0 Å². The van der Waals surface area contributed by atoms with Crippen LogP contribution in [0.15, 0.2) is 107 Å². The summed E-state index contributed by atoms with van der Waals surface area (Å²) in [6.45, 7) is 5.52. The maximum absolute atomic E-state index is 13.6. The number of esters is 1. The molecule has 154 valence electrons. The first-order valence-electron chi connectivity index (χ1n) is 9.82. The highest BCUT2D eigenvalue weighted by Crippen LogP contribution is 2.48. The Morgan fingerprint density at radius 3 is 2.13 bits per heavy atom. The maximum Gasteiger partial charge on any atom is 0.346 e. The number of cyclic esters (lactones) is 1. The normalized spacial score (nSPS) is 18.8. The summed E-state index contributed by atoms with van der Waals surface area (Å²) in [6, 6.07) is 26.0. The van der Waals surface area contributed by atoms with Crippen molar-refractivity contribution in [1.29, 1.82) is 0 Å². The molecule has 0 spiro atoms. The molecule has 1 heterocycles. The van der Waals surface area contributed by atoms with Gasteiger partial charge in [-0.1, -0.05) is 83.2 Å². The molecule has 0 fully saturated rings. The second-order valence-corrected chi connectivity index (χ2v) is 8.29. The zero-order chi connectivity index (χ0) is 22.0. The Morgan fingerprint density at radius 2 is 1.55 bits per heavy atom. The van der Waals surface area contributed by atoms with Gasteiger partial charge >= 0.3 is 5.97 Å². The zero-order valence-corrected chi connectivity index (χ0v) is 18.5. The van der Waals surface area contributed by atoms with E-state index in [2.05, 4.69) is 22.5 Å². The molecule has 0 aliphatic carbocycles. The van der Waals surface area contributed by atoms with Crippen molar-refractivity contribution in [2.24, 2.45) is 4.99 Å². The van der Waals surface area contributed by atoms with E-state index < -0.39 is 17.4 Å². The highest BCUT2D eigenvalue weighted by molar-refractivity contribution is 9.10. The van der Waals surface area contributed by atoms with Crippen LogP contribution >= 0.6 is 15.9 Å². The van der Waals surface area contributed by atoms with Gasteiger partial charge in [0.05, 0.1) is 5.92 Å². The van der Waals surface area contributed by atoms with Crippen molar-refractivity contribution >= 4 is 33.6 Å². The van der Waals surface area contributed by atoms with E-state index in [-0.39, 0.29) is 11.7 Å². The monoisotopic (exact) mass is 473 g/mol. The molecule has 3 aromatic rings. The molecular weight excluding hydrogens is 454 g/mol. The number of carbonyl (C=O) groups is 2. The summed E-state index contributed by atoms with van der Waals surface area (Å²) >= 11 is 3.45. The molecule has 5 heteroatoms.